The van der Waals surface area contributed by atoms with Gasteiger partial charge in [-0.05, 0) is 24.3 Å². The van der Waals surface area contributed by atoms with Crippen LogP contribution in [0.5, 0.6) is 0 Å². The van der Waals surface area contributed by atoms with Crippen molar-refractivity contribution in [1.29, 1.82) is 0 Å². The van der Waals surface area contributed by atoms with Crippen LogP contribution in [0.4, 0.5) is 5.69 Å². The van der Waals surface area contributed by atoms with Crippen molar-refractivity contribution in [2.24, 2.45) is 0 Å². The number of benzene rings is 1. The second kappa shape index (κ2) is 5.82. The van der Waals surface area contributed by atoms with Crippen LogP contribution in [0.25, 0.3) is 0 Å². The van der Waals surface area contributed by atoms with Crippen molar-refractivity contribution < 1.29 is 17.9 Å². The van der Waals surface area contributed by atoms with E-state index >= 15 is 0 Å². The Balaban J connectivity index is 2.37. The molecule has 0 aliphatic carbocycles. The van der Waals surface area contributed by atoms with Crippen molar-refractivity contribution >= 4 is 44.6 Å². The summed E-state index contributed by atoms with van der Waals surface area (Å²) < 4.78 is 31.7. The smallest absolute Gasteiger partial charge is 0.339 e. The lowest BCUT2D eigenvalue weighted by atomic mass is 10.2. The normalized spacial score (nSPS) is 11.1. The highest BCUT2D eigenvalue weighted by atomic mass is 35.5. The Morgan fingerprint density at radius 2 is 1.95 bits per heavy atom. The number of para-hydroxylation sites is 1. The third-order valence-corrected chi connectivity index (χ3v) is 5.48. The van der Waals surface area contributed by atoms with Crippen LogP contribution in [0.3, 0.4) is 0 Å². The van der Waals surface area contributed by atoms with Crippen LogP contribution in [0, 0.1) is 0 Å². The molecule has 5 nitrogen and oxygen atoms in total. The summed E-state index contributed by atoms with van der Waals surface area (Å²) in [6, 6.07) is 9.09. The zero-order valence-electron chi connectivity index (χ0n) is 10.3. The van der Waals surface area contributed by atoms with Gasteiger partial charge in [0.2, 0.25) is 0 Å². The van der Waals surface area contributed by atoms with E-state index < -0.39 is 16.0 Å². The Labute approximate surface area is 125 Å². The van der Waals surface area contributed by atoms with Crippen molar-refractivity contribution in [3.05, 3.63) is 46.3 Å². The number of esters is 1. The molecule has 0 saturated heterocycles. The van der Waals surface area contributed by atoms with Crippen LogP contribution < -0.4 is 4.72 Å². The zero-order valence-corrected chi connectivity index (χ0v) is 12.7. The maximum Gasteiger partial charge on any atom is 0.339 e. The molecule has 0 atom stereocenters. The van der Waals surface area contributed by atoms with Crippen molar-refractivity contribution in [1.82, 2.24) is 0 Å². The zero-order chi connectivity index (χ0) is 14.8. The van der Waals surface area contributed by atoms with Crippen molar-refractivity contribution in [2.45, 2.75) is 4.21 Å². The summed E-state index contributed by atoms with van der Waals surface area (Å²) in [7, 11) is -2.55. The monoisotopic (exact) mass is 331 g/mol. The summed E-state index contributed by atoms with van der Waals surface area (Å²) in [5.41, 5.74) is 0.296. The SMILES string of the molecule is COC(=O)c1ccccc1NS(=O)(=O)c1ccc(Cl)s1. The first-order valence-corrected chi connectivity index (χ1v) is 8.07. The minimum atomic E-state index is -3.78. The molecule has 0 bridgehead atoms. The number of thiophene rings is 1. The van der Waals surface area contributed by atoms with Gasteiger partial charge >= 0.3 is 5.97 Å². The predicted molar refractivity (Wildman–Crippen MR) is 77.9 cm³/mol. The van der Waals surface area contributed by atoms with Gasteiger partial charge in [-0.25, -0.2) is 13.2 Å². The molecule has 106 valence electrons. The molecule has 0 amide bonds. The van der Waals surface area contributed by atoms with E-state index in [9.17, 15) is 13.2 Å². The third kappa shape index (κ3) is 3.12. The number of hydrogen-bond acceptors (Lipinski definition) is 5. The second-order valence-corrected chi connectivity index (χ2v) is 7.33. The minimum absolute atomic E-state index is 0.0715. The molecule has 2 aromatic rings. The van der Waals surface area contributed by atoms with Gasteiger partial charge < -0.3 is 4.74 Å². The summed E-state index contributed by atoms with van der Waals surface area (Å²) >= 11 is 6.66. The highest BCUT2D eigenvalue weighted by Crippen LogP contribution is 2.28. The molecule has 1 aromatic heterocycles. The van der Waals surface area contributed by atoms with E-state index in [1.165, 1.54) is 31.4 Å². The van der Waals surface area contributed by atoms with E-state index in [1.807, 2.05) is 0 Å². The molecule has 1 aromatic carbocycles. The average Bonchev–Trinajstić information content (AvgIpc) is 2.86. The van der Waals surface area contributed by atoms with Gasteiger partial charge in [0.25, 0.3) is 10.0 Å². The lowest BCUT2D eigenvalue weighted by molar-refractivity contribution is 0.0602. The van der Waals surface area contributed by atoms with E-state index in [4.69, 9.17) is 11.6 Å². The molecule has 0 spiro atoms. The van der Waals surface area contributed by atoms with Gasteiger partial charge in [-0.3, -0.25) is 4.72 Å². The van der Waals surface area contributed by atoms with Gasteiger partial charge in [0.05, 0.1) is 22.7 Å². The Bertz CT molecular complexity index is 739. The molecule has 1 N–H and O–H groups in total. The van der Waals surface area contributed by atoms with Crippen molar-refractivity contribution in [2.75, 3.05) is 11.8 Å². The van der Waals surface area contributed by atoms with Crippen LogP contribution in [0.2, 0.25) is 4.34 Å². The van der Waals surface area contributed by atoms with Crippen LogP contribution in [-0.2, 0) is 14.8 Å². The molecule has 8 heteroatoms. The van der Waals surface area contributed by atoms with Gasteiger partial charge in [0.1, 0.15) is 4.21 Å². The predicted octanol–water partition coefficient (Wildman–Crippen LogP) is 2.99. The van der Waals surface area contributed by atoms with Crippen LogP contribution in [0.15, 0.2) is 40.6 Å². The lowest BCUT2D eigenvalue weighted by Gasteiger charge is -2.10. The van der Waals surface area contributed by atoms with Gasteiger partial charge in [-0.15, -0.1) is 11.3 Å². The van der Waals surface area contributed by atoms with Crippen LogP contribution >= 0.6 is 22.9 Å². The first-order valence-electron chi connectivity index (χ1n) is 5.39. The molecule has 0 aliphatic rings. The van der Waals surface area contributed by atoms with Gasteiger partial charge in [0, 0.05) is 0 Å². The molecule has 0 aliphatic heterocycles. The molecular formula is C12H10ClNO4S2. The standard InChI is InChI=1S/C12H10ClNO4S2/c1-18-12(15)8-4-2-3-5-9(8)14-20(16,17)11-7-6-10(13)19-11/h2-7,14H,1H3. The van der Waals surface area contributed by atoms with Gasteiger partial charge in [0.15, 0.2) is 0 Å². The topological polar surface area (TPSA) is 72.5 Å². The molecule has 0 saturated carbocycles. The number of methoxy groups -OCH3 is 1. The fourth-order valence-electron chi connectivity index (χ4n) is 1.50. The summed E-state index contributed by atoms with van der Waals surface area (Å²) in [6.45, 7) is 0. The van der Waals surface area contributed by atoms with Gasteiger partial charge in [-0.1, -0.05) is 23.7 Å². The largest absolute Gasteiger partial charge is 0.465 e. The molecule has 0 fully saturated rings. The van der Waals surface area contributed by atoms with Gasteiger partial charge in [-0.2, -0.15) is 0 Å². The Morgan fingerprint density at radius 1 is 1.25 bits per heavy atom. The van der Waals surface area contributed by atoms with E-state index in [-0.39, 0.29) is 15.5 Å². The maximum absolute atomic E-state index is 12.2. The molecular weight excluding hydrogens is 322 g/mol. The number of rotatable bonds is 4. The first kappa shape index (κ1) is 14.8. The fourth-order valence-corrected chi connectivity index (χ4v) is 4.06. The number of ether oxygens (including phenoxy) is 1. The maximum atomic E-state index is 12.2. The van der Waals surface area contributed by atoms with E-state index in [2.05, 4.69) is 9.46 Å². The number of anilines is 1. The number of nitrogens with one attached hydrogen (secondary N) is 1. The number of carbonyl (C=O) groups is 1. The second-order valence-electron chi connectivity index (χ2n) is 3.70. The first-order chi connectivity index (χ1) is 9.44. The molecule has 1 heterocycles. The van der Waals surface area contributed by atoms with Crippen molar-refractivity contribution in [3.8, 4) is 0 Å². The van der Waals surface area contributed by atoms with E-state index in [0.717, 1.165) is 11.3 Å². The third-order valence-electron chi connectivity index (χ3n) is 2.39. The number of carbonyl (C=O) groups excluding carboxylic acids is 1. The molecule has 2 rings (SSSR count). The van der Waals surface area contributed by atoms with E-state index in [0.29, 0.717) is 4.34 Å². The number of sulfonamides is 1. The average molecular weight is 332 g/mol. The quantitative estimate of drug-likeness (QED) is 0.874. The highest BCUT2D eigenvalue weighted by molar-refractivity contribution is 7.94. The Morgan fingerprint density at radius 3 is 2.55 bits per heavy atom. The summed E-state index contributed by atoms with van der Waals surface area (Å²) in [4.78, 5) is 11.6. The van der Waals surface area contributed by atoms with E-state index in [1.54, 1.807) is 12.1 Å². The fraction of sp³-hybridized carbons (Fsp3) is 0.0833. The minimum Gasteiger partial charge on any atom is -0.465 e. The highest BCUT2D eigenvalue weighted by Gasteiger charge is 2.20. The molecule has 20 heavy (non-hydrogen) atoms. The van der Waals surface area contributed by atoms with Crippen molar-refractivity contribution in [3.63, 3.8) is 0 Å². The Kier molecular flexibility index (Phi) is 4.32. The number of halogens is 1. The molecule has 0 unspecified atom stereocenters. The Hall–Kier alpha value is -1.57. The molecule has 0 radical (unpaired) electrons. The summed E-state index contributed by atoms with van der Waals surface area (Å²) in [5, 5.41) is 0. The van der Waals surface area contributed by atoms with Crippen LogP contribution in [0.1, 0.15) is 10.4 Å². The number of hydrogen-bond donors (Lipinski definition) is 1. The van der Waals surface area contributed by atoms with Crippen LogP contribution in [-0.4, -0.2) is 21.5 Å². The summed E-state index contributed by atoms with van der Waals surface area (Å²) in [6.07, 6.45) is 0. The lowest BCUT2D eigenvalue weighted by Crippen LogP contribution is -2.15. The summed E-state index contributed by atoms with van der Waals surface area (Å²) in [5.74, 6) is -0.618.